The van der Waals surface area contributed by atoms with Crippen molar-refractivity contribution in [3.63, 3.8) is 0 Å². The molecule has 2 fully saturated rings. The highest BCUT2D eigenvalue weighted by atomic mass is 16.2. The van der Waals surface area contributed by atoms with Crippen LogP contribution < -0.4 is 5.32 Å². The molecule has 21 heavy (non-hydrogen) atoms. The summed E-state index contributed by atoms with van der Waals surface area (Å²) in [6, 6.07) is 0.886. The summed E-state index contributed by atoms with van der Waals surface area (Å²) in [5.74, 6) is 0.139. The van der Waals surface area contributed by atoms with Crippen molar-refractivity contribution in [2.75, 3.05) is 13.1 Å². The molecule has 1 heterocycles. The van der Waals surface area contributed by atoms with Crippen LogP contribution in [0.3, 0.4) is 0 Å². The Kier molecular flexibility index (Phi) is 5.48. The second-order valence-electron chi connectivity index (χ2n) is 6.67. The lowest BCUT2D eigenvalue weighted by atomic mass is 10.0. The number of carbonyl (C=O) groups is 2. The Morgan fingerprint density at radius 1 is 1.10 bits per heavy atom. The second-order valence-corrected chi connectivity index (χ2v) is 6.67. The largest absolute Gasteiger partial charge is 0.343 e. The minimum absolute atomic E-state index is 0.0816. The number of hydrogen-bond donors (Lipinski definition) is 1. The summed E-state index contributed by atoms with van der Waals surface area (Å²) >= 11 is 0. The molecule has 0 aromatic carbocycles. The zero-order valence-corrected chi connectivity index (χ0v) is 13.6. The summed E-state index contributed by atoms with van der Waals surface area (Å²) in [6.45, 7) is 7.30. The van der Waals surface area contributed by atoms with Crippen LogP contribution in [0.25, 0.3) is 0 Å². The molecule has 2 aliphatic rings. The monoisotopic (exact) mass is 295 g/mol. The lowest BCUT2D eigenvalue weighted by molar-refractivity contribution is -0.130. The van der Waals surface area contributed by atoms with Crippen molar-refractivity contribution in [2.45, 2.75) is 77.4 Å². The highest BCUT2D eigenvalue weighted by Gasteiger charge is 2.31. The van der Waals surface area contributed by atoms with Crippen molar-refractivity contribution in [3.05, 3.63) is 0 Å². The topological polar surface area (TPSA) is 52.7 Å². The lowest BCUT2D eigenvalue weighted by Crippen LogP contribution is -2.55. The first-order valence-electron chi connectivity index (χ1n) is 8.33. The lowest BCUT2D eigenvalue weighted by Gasteiger charge is -2.40. The molecule has 5 nitrogen and oxygen atoms in total. The van der Waals surface area contributed by atoms with Gasteiger partial charge in [0, 0.05) is 38.1 Å². The van der Waals surface area contributed by atoms with Gasteiger partial charge < -0.3 is 15.1 Å². The molecule has 2 rings (SSSR count). The average molecular weight is 295 g/mol. The molecule has 0 atom stereocenters. The smallest absolute Gasteiger partial charge is 0.318 e. The van der Waals surface area contributed by atoms with E-state index in [1.807, 2.05) is 9.80 Å². The Balaban J connectivity index is 1.92. The summed E-state index contributed by atoms with van der Waals surface area (Å²) in [5, 5.41) is 3.20. The molecule has 1 saturated heterocycles. The van der Waals surface area contributed by atoms with E-state index in [4.69, 9.17) is 0 Å². The van der Waals surface area contributed by atoms with Crippen LogP contribution in [-0.4, -0.2) is 53.0 Å². The third-order valence-corrected chi connectivity index (χ3v) is 4.78. The number of carbonyl (C=O) groups excluding carboxylic acids is 2. The zero-order valence-electron chi connectivity index (χ0n) is 13.6. The number of hydrogen-bond acceptors (Lipinski definition) is 2. The van der Waals surface area contributed by atoms with Crippen LogP contribution in [0.15, 0.2) is 0 Å². The van der Waals surface area contributed by atoms with Gasteiger partial charge in [-0.3, -0.25) is 4.79 Å². The van der Waals surface area contributed by atoms with Gasteiger partial charge >= 0.3 is 6.03 Å². The van der Waals surface area contributed by atoms with Gasteiger partial charge in [-0.25, -0.2) is 4.79 Å². The van der Waals surface area contributed by atoms with Crippen LogP contribution in [0.1, 0.15) is 59.3 Å². The van der Waals surface area contributed by atoms with Gasteiger partial charge in [0.1, 0.15) is 0 Å². The molecule has 0 bridgehead atoms. The molecule has 0 radical (unpaired) electrons. The van der Waals surface area contributed by atoms with Crippen molar-refractivity contribution in [1.82, 2.24) is 15.1 Å². The van der Waals surface area contributed by atoms with Gasteiger partial charge in [-0.2, -0.15) is 0 Å². The predicted octanol–water partition coefficient (Wildman–Crippen LogP) is 2.36. The first kappa shape index (κ1) is 16.1. The summed E-state index contributed by atoms with van der Waals surface area (Å²) in [4.78, 5) is 27.9. The number of rotatable bonds is 3. The molecule has 0 spiro atoms. The summed E-state index contributed by atoms with van der Waals surface area (Å²) < 4.78 is 0. The highest BCUT2D eigenvalue weighted by molar-refractivity contribution is 5.75. The van der Waals surface area contributed by atoms with E-state index in [0.29, 0.717) is 6.04 Å². The van der Waals surface area contributed by atoms with Crippen LogP contribution in [0.2, 0.25) is 0 Å². The minimum Gasteiger partial charge on any atom is -0.343 e. The third kappa shape index (κ3) is 4.11. The number of likely N-dealkylation sites (tertiary alicyclic amines) is 1. The molecule has 5 heteroatoms. The zero-order chi connectivity index (χ0) is 15.4. The Morgan fingerprint density at radius 2 is 1.67 bits per heavy atom. The van der Waals surface area contributed by atoms with Gasteiger partial charge in [-0.05, 0) is 39.5 Å². The molecule has 1 aliphatic heterocycles. The maximum Gasteiger partial charge on any atom is 0.318 e. The number of nitrogens with zero attached hydrogens (tertiary/aromatic N) is 2. The first-order valence-corrected chi connectivity index (χ1v) is 8.33. The molecular formula is C16H29N3O2. The van der Waals surface area contributed by atoms with Crippen molar-refractivity contribution < 1.29 is 9.59 Å². The van der Waals surface area contributed by atoms with Crippen LogP contribution in [0.5, 0.6) is 0 Å². The molecular weight excluding hydrogens is 266 g/mol. The standard InChI is InChI=1S/C16H29N3O2/c1-12(2)19(16(21)17-14-6-4-5-7-14)15-8-10-18(11-9-15)13(3)20/h12,14-15H,4-11H2,1-3H3,(H,17,21). The summed E-state index contributed by atoms with van der Waals surface area (Å²) in [5.41, 5.74) is 0. The number of amides is 3. The van der Waals surface area contributed by atoms with Gasteiger partial charge in [-0.1, -0.05) is 12.8 Å². The fraction of sp³-hybridized carbons (Fsp3) is 0.875. The first-order chi connectivity index (χ1) is 9.99. The predicted molar refractivity (Wildman–Crippen MR) is 83.0 cm³/mol. The highest BCUT2D eigenvalue weighted by Crippen LogP contribution is 2.22. The van der Waals surface area contributed by atoms with Gasteiger partial charge in [0.2, 0.25) is 5.91 Å². The van der Waals surface area contributed by atoms with Crippen LogP contribution in [0, 0.1) is 0 Å². The van der Waals surface area contributed by atoms with E-state index in [1.165, 1.54) is 12.8 Å². The number of piperidine rings is 1. The Labute approximate surface area is 128 Å². The quantitative estimate of drug-likeness (QED) is 0.869. The molecule has 0 aromatic heterocycles. The molecule has 3 amide bonds. The molecule has 120 valence electrons. The van der Waals surface area contributed by atoms with E-state index < -0.39 is 0 Å². The molecule has 1 N–H and O–H groups in total. The maximum atomic E-state index is 12.6. The fourth-order valence-corrected chi connectivity index (χ4v) is 3.60. The van der Waals surface area contributed by atoms with E-state index in [0.717, 1.165) is 38.8 Å². The normalized spacial score (nSPS) is 20.9. The second kappa shape index (κ2) is 7.14. The Hall–Kier alpha value is -1.26. The van der Waals surface area contributed by atoms with E-state index in [-0.39, 0.29) is 24.0 Å². The summed E-state index contributed by atoms with van der Waals surface area (Å²) in [6.07, 6.45) is 6.44. The van der Waals surface area contributed by atoms with Gasteiger partial charge in [0.15, 0.2) is 0 Å². The molecule has 0 unspecified atom stereocenters. The fourth-order valence-electron chi connectivity index (χ4n) is 3.60. The summed E-state index contributed by atoms with van der Waals surface area (Å²) in [7, 11) is 0. The van der Waals surface area contributed by atoms with Gasteiger partial charge in [0.05, 0.1) is 0 Å². The van der Waals surface area contributed by atoms with E-state index in [9.17, 15) is 9.59 Å². The Bertz CT molecular complexity index is 370. The third-order valence-electron chi connectivity index (χ3n) is 4.78. The van der Waals surface area contributed by atoms with E-state index in [1.54, 1.807) is 6.92 Å². The van der Waals surface area contributed by atoms with E-state index in [2.05, 4.69) is 19.2 Å². The Morgan fingerprint density at radius 3 is 2.14 bits per heavy atom. The molecule has 1 aliphatic carbocycles. The van der Waals surface area contributed by atoms with Crippen molar-refractivity contribution in [1.29, 1.82) is 0 Å². The van der Waals surface area contributed by atoms with Crippen LogP contribution in [-0.2, 0) is 4.79 Å². The van der Waals surface area contributed by atoms with Gasteiger partial charge in [-0.15, -0.1) is 0 Å². The number of urea groups is 1. The average Bonchev–Trinajstić information content (AvgIpc) is 2.91. The number of nitrogens with one attached hydrogen (secondary N) is 1. The van der Waals surface area contributed by atoms with Crippen LogP contribution >= 0.6 is 0 Å². The maximum absolute atomic E-state index is 12.6. The minimum atomic E-state index is 0.0816. The van der Waals surface area contributed by atoms with Gasteiger partial charge in [0.25, 0.3) is 0 Å². The SMILES string of the molecule is CC(=O)N1CCC(N(C(=O)NC2CCCC2)C(C)C)CC1. The van der Waals surface area contributed by atoms with Crippen molar-refractivity contribution in [2.24, 2.45) is 0 Å². The van der Waals surface area contributed by atoms with E-state index >= 15 is 0 Å². The van der Waals surface area contributed by atoms with Crippen molar-refractivity contribution in [3.8, 4) is 0 Å². The molecule has 1 saturated carbocycles. The molecule has 0 aromatic rings. The van der Waals surface area contributed by atoms with Crippen LogP contribution in [0.4, 0.5) is 4.79 Å². The van der Waals surface area contributed by atoms with Crippen molar-refractivity contribution >= 4 is 11.9 Å².